The second-order valence-electron chi connectivity index (χ2n) is 12.2. The molecule has 0 aromatic heterocycles. The minimum Gasteiger partial charge on any atom is -0.393 e. The van der Waals surface area contributed by atoms with Gasteiger partial charge in [0.1, 0.15) is 0 Å². The standard InChI is InChI=1S/C28H44O3/c1-18(8-6-12-26(3,4)31)24-15-22-17-28(22)21(9-7-13-27(24,28)5)11-10-20-14-23(29)16-25(30)19(20)2/h10-11,18,22-25,29-31H,2,6-9,12-17H2,1,3-5H3/b20-10-,21-11+/t18-,22-,23-,24-,25+,27-,28-/m1/s1. The summed E-state index contributed by atoms with van der Waals surface area (Å²) in [5.41, 5.74) is 3.64. The molecular formula is C28H44O3. The Kier molecular flexibility index (Phi) is 6.12. The van der Waals surface area contributed by atoms with Crippen LogP contribution in [0.2, 0.25) is 0 Å². The minimum absolute atomic E-state index is 0.380. The van der Waals surface area contributed by atoms with Gasteiger partial charge in [0.25, 0.3) is 0 Å². The zero-order valence-electron chi connectivity index (χ0n) is 20.2. The SMILES string of the molecule is C=C1/C(=C\C=C2/CCC[C@]3(C)[C@@H]([C@H](C)CCCC(C)(C)O)C[C@@H]4C[C@@]243)C[C@@H](O)C[C@@H]1O. The van der Waals surface area contributed by atoms with E-state index >= 15 is 0 Å². The van der Waals surface area contributed by atoms with Crippen molar-refractivity contribution in [2.75, 3.05) is 0 Å². The Morgan fingerprint density at radius 2 is 1.97 bits per heavy atom. The molecule has 4 aliphatic rings. The summed E-state index contributed by atoms with van der Waals surface area (Å²) in [5.74, 6) is 2.31. The first kappa shape index (κ1) is 23.3. The van der Waals surface area contributed by atoms with Crippen LogP contribution < -0.4 is 0 Å². The largest absolute Gasteiger partial charge is 0.393 e. The van der Waals surface area contributed by atoms with Crippen LogP contribution in [0.15, 0.2) is 35.5 Å². The van der Waals surface area contributed by atoms with E-state index in [9.17, 15) is 15.3 Å². The van der Waals surface area contributed by atoms with Crippen LogP contribution in [0.3, 0.4) is 0 Å². The first-order chi connectivity index (χ1) is 14.5. The second kappa shape index (κ2) is 8.15. The molecule has 0 unspecified atom stereocenters. The van der Waals surface area contributed by atoms with Crippen molar-refractivity contribution in [3.63, 3.8) is 0 Å². The molecule has 0 amide bonds. The van der Waals surface area contributed by atoms with Crippen LogP contribution in [0.5, 0.6) is 0 Å². The van der Waals surface area contributed by atoms with E-state index in [-0.39, 0.29) is 0 Å². The van der Waals surface area contributed by atoms with Gasteiger partial charge in [-0.3, -0.25) is 0 Å². The Morgan fingerprint density at radius 1 is 1.23 bits per heavy atom. The van der Waals surface area contributed by atoms with Crippen molar-refractivity contribution < 1.29 is 15.3 Å². The molecule has 4 fully saturated rings. The van der Waals surface area contributed by atoms with Crippen LogP contribution in [0, 0.1) is 28.6 Å². The lowest BCUT2D eigenvalue weighted by molar-refractivity contribution is 0.0466. The minimum atomic E-state index is -0.613. The Morgan fingerprint density at radius 3 is 2.68 bits per heavy atom. The van der Waals surface area contributed by atoms with Gasteiger partial charge in [-0.25, -0.2) is 0 Å². The molecule has 0 radical (unpaired) electrons. The Hall–Kier alpha value is -0.900. The third-order valence-electron chi connectivity index (χ3n) is 9.58. The van der Waals surface area contributed by atoms with Crippen LogP contribution in [-0.2, 0) is 0 Å². The number of hydrogen-bond acceptors (Lipinski definition) is 3. The molecule has 4 rings (SSSR count). The molecule has 174 valence electrons. The van der Waals surface area contributed by atoms with E-state index in [0.717, 1.165) is 35.8 Å². The molecule has 0 bridgehead atoms. The molecule has 0 aromatic rings. The summed E-state index contributed by atoms with van der Waals surface area (Å²) in [6.45, 7) is 13.0. The lowest BCUT2D eigenvalue weighted by Gasteiger charge is -2.48. The van der Waals surface area contributed by atoms with E-state index in [2.05, 4.69) is 32.6 Å². The zero-order valence-corrected chi connectivity index (χ0v) is 20.2. The van der Waals surface area contributed by atoms with Crippen molar-refractivity contribution in [2.45, 2.75) is 110 Å². The van der Waals surface area contributed by atoms with Crippen molar-refractivity contribution in [2.24, 2.45) is 28.6 Å². The monoisotopic (exact) mass is 428 g/mol. The quantitative estimate of drug-likeness (QED) is 0.508. The number of hydrogen-bond donors (Lipinski definition) is 3. The van der Waals surface area contributed by atoms with Gasteiger partial charge in [-0.15, -0.1) is 0 Å². The van der Waals surface area contributed by atoms with Gasteiger partial charge < -0.3 is 15.3 Å². The Balaban J connectivity index is 1.51. The molecule has 0 saturated heterocycles. The van der Waals surface area contributed by atoms with Crippen molar-refractivity contribution in [3.8, 4) is 0 Å². The fourth-order valence-corrected chi connectivity index (χ4v) is 7.86. The molecule has 4 aliphatic carbocycles. The maximum atomic E-state index is 10.2. The zero-order chi connectivity index (χ0) is 22.6. The second-order valence-corrected chi connectivity index (χ2v) is 12.2. The highest BCUT2D eigenvalue weighted by molar-refractivity contribution is 5.42. The molecule has 7 atom stereocenters. The van der Waals surface area contributed by atoms with Crippen LogP contribution >= 0.6 is 0 Å². The molecule has 0 heterocycles. The maximum Gasteiger partial charge on any atom is 0.0811 e. The van der Waals surface area contributed by atoms with Gasteiger partial charge in [0, 0.05) is 11.8 Å². The molecule has 3 nitrogen and oxygen atoms in total. The average molecular weight is 429 g/mol. The molecule has 0 aromatic carbocycles. The topological polar surface area (TPSA) is 60.7 Å². The highest BCUT2D eigenvalue weighted by atomic mass is 16.3. The van der Waals surface area contributed by atoms with E-state index in [1.165, 1.54) is 38.5 Å². The molecule has 3 N–H and O–H groups in total. The first-order valence-corrected chi connectivity index (χ1v) is 12.7. The van der Waals surface area contributed by atoms with E-state index in [1.807, 2.05) is 13.8 Å². The van der Waals surface area contributed by atoms with Gasteiger partial charge in [0.05, 0.1) is 17.8 Å². The summed E-state index contributed by atoms with van der Waals surface area (Å²) in [4.78, 5) is 0. The predicted molar refractivity (Wildman–Crippen MR) is 126 cm³/mol. The van der Waals surface area contributed by atoms with E-state index in [0.29, 0.717) is 29.6 Å². The number of aliphatic hydroxyl groups excluding tert-OH is 2. The van der Waals surface area contributed by atoms with Crippen molar-refractivity contribution >= 4 is 0 Å². The third kappa shape index (κ3) is 4.11. The first-order valence-electron chi connectivity index (χ1n) is 12.7. The lowest BCUT2D eigenvalue weighted by Crippen LogP contribution is -2.40. The molecule has 31 heavy (non-hydrogen) atoms. The normalized spacial score (nSPS) is 43.8. The smallest absolute Gasteiger partial charge is 0.0811 e. The molecular weight excluding hydrogens is 384 g/mol. The van der Waals surface area contributed by atoms with Crippen molar-refractivity contribution in [1.29, 1.82) is 0 Å². The van der Waals surface area contributed by atoms with E-state index in [1.54, 1.807) is 5.57 Å². The van der Waals surface area contributed by atoms with Gasteiger partial charge >= 0.3 is 0 Å². The van der Waals surface area contributed by atoms with E-state index in [4.69, 9.17) is 0 Å². The summed E-state index contributed by atoms with van der Waals surface area (Å²) >= 11 is 0. The van der Waals surface area contributed by atoms with Gasteiger partial charge in [-0.2, -0.15) is 0 Å². The Labute approximate surface area is 189 Å². The summed E-state index contributed by atoms with van der Waals surface area (Å²) in [6, 6.07) is 0. The number of allylic oxidation sites excluding steroid dienone is 3. The van der Waals surface area contributed by atoms with Gasteiger partial charge in [-0.05, 0) is 93.1 Å². The highest BCUT2D eigenvalue weighted by Crippen LogP contribution is 2.81. The van der Waals surface area contributed by atoms with Crippen LogP contribution in [0.25, 0.3) is 0 Å². The molecule has 1 spiro atoms. The summed E-state index contributed by atoms with van der Waals surface area (Å²) in [5, 5.41) is 30.4. The van der Waals surface area contributed by atoms with Crippen LogP contribution in [-0.4, -0.2) is 33.1 Å². The molecule has 4 saturated carbocycles. The predicted octanol–water partition coefficient (Wildman–Crippen LogP) is 5.70. The summed E-state index contributed by atoms with van der Waals surface area (Å²) in [6.07, 6.45) is 14.1. The van der Waals surface area contributed by atoms with Crippen molar-refractivity contribution in [1.82, 2.24) is 0 Å². The van der Waals surface area contributed by atoms with Gasteiger partial charge in [0.2, 0.25) is 0 Å². The summed E-state index contributed by atoms with van der Waals surface area (Å²) in [7, 11) is 0. The lowest BCUT2D eigenvalue weighted by atomic mass is 9.57. The third-order valence-corrected chi connectivity index (χ3v) is 9.58. The fraction of sp³-hybridized carbons (Fsp3) is 0.786. The highest BCUT2D eigenvalue weighted by Gasteiger charge is 2.73. The van der Waals surface area contributed by atoms with Crippen LogP contribution in [0.1, 0.15) is 91.9 Å². The van der Waals surface area contributed by atoms with Crippen molar-refractivity contribution in [3.05, 3.63) is 35.5 Å². The molecule has 0 aliphatic heterocycles. The summed E-state index contributed by atoms with van der Waals surface area (Å²) < 4.78 is 0. The van der Waals surface area contributed by atoms with E-state index < -0.39 is 17.8 Å². The van der Waals surface area contributed by atoms with Crippen LogP contribution in [0.4, 0.5) is 0 Å². The number of rotatable bonds is 6. The average Bonchev–Trinajstić information content (AvgIpc) is 3.32. The van der Waals surface area contributed by atoms with Gasteiger partial charge in [-0.1, -0.05) is 51.0 Å². The van der Waals surface area contributed by atoms with Gasteiger partial charge in [0.15, 0.2) is 0 Å². The maximum absolute atomic E-state index is 10.2. The molecule has 3 heteroatoms. The fourth-order valence-electron chi connectivity index (χ4n) is 7.86. The number of aliphatic hydroxyl groups is 3. The Bertz CT molecular complexity index is 772.